The zero-order valence-electron chi connectivity index (χ0n) is 18.6. The van der Waals surface area contributed by atoms with Crippen LogP contribution in [-0.2, 0) is 6.54 Å². The summed E-state index contributed by atoms with van der Waals surface area (Å²) in [6.45, 7) is 6.82. The molecular weight excluding hydrogens is 396 g/mol. The number of para-hydroxylation sites is 2. The van der Waals surface area contributed by atoms with Crippen molar-refractivity contribution >= 4 is 27.7 Å². The predicted octanol–water partition coefficient (Wildman–Crippen LogP) is 4.91. The standard InChI is InChI=1S/C27H28N4O/c1-18(2)29-27(32)23-15-26(30-25-10-6-4-8-22(23)25)20-12-14-31(17-20)16-19-11-13-28-24-9-5-3-7-21(19)24/h3-11,13,15,18,20H,12,14,16-17H2,1-2H3,(H,29,32)/t20-/m0/s1. The third-order valence-electron chi connectivity index (χ3n) is 6.22. The molecule has 1 amide bonds. The Morgan fingerprint density at radius 1 is 1.06 bits per heavy atom. The molecule has 5 heteroatoms. The van der Waals surface area contributed by atoms with Gasteiger partial charge in [-0.2, -0.15) is 0 Å². The fourth-order valence-electron chi connectivity index (χ4n) is 4.68. The molecule has 0 spiro atoms. The summed E-state index contributed by atoms with van der Waals surface area (Å²) in [5.41, 5.74) is 4.97. The number of carbonyl (C=O) groups is 1. The van der Waals surface area contributed by atoms with Crippen LogP contribution in [-0.4, -0.2) is 39.9 Å². The number of nitrogens with one attached hydrogen (secondary N) is 1. The molecule has 5 nitrogen and oxygen atoms in total. The Balaban J connectivity index is 1.41. The van der Waals surface area contributed by atoms with E-state index in [-0.39, 0.29) is 11.9 Å². The molecule has 3 heterocycles. The van der Waals surface area contributed by atoms with E-state index < -0.39 is 0 Å². The van der Waals surface area contributed by atoms with Gasteiger partial charge in [-0.3, -0.25) is 19.7 Å². The molecule has 0 bridgehead atoms. The molecule has 1 fully saturated rings. The fourth-order valence-corrected chi connectivity index (χ4v) is 4.68. The lowest BCUT2D eigenvalue weighted by Gasteiger charge is -2.18. The Hall–Kier alpha value is -3.31. The van der Waals surface area contributed by atoms with E-state index in [2.05, 4.69) is 39.5 Å². The first kappa shape index (κ1) is 20.6. The molecule has 0 aliphatic carbocycles. The van der Waals surface area contributed by atoms with E-state index in [1.54, 1.807) is 0 Å². The number of hydrogen-bond donors (Lipinski definition) is 1. The molecule has 5 rings (SSSR count). The molecule has 1 saturated heterocycles. The summed E-state index contributed by atoms with van der Waals surface area (Å²) in [6.07, 6.45) is 2.94. The van der Waals surface area contributed by atoms with Crippen LogP contribution in [0.3, 0.4) is 0 Å². The second kappa shape index (κ2) is 8.67. The first-order chi connectivity index (χ1) is 15.6. The van der Waals surface area contributed by atoms with Gasteiger partial charge in [0.2, 0.25) is 0 Å². The van der Waals surface area contributed by atoms with Gasteiger partial charge in [-0.25, -0.2) is 0 Å². The minimum Gasteiger partial charge on any atom is -0.350 e. The van der Waals surface area contributed by atoms with Crippen LogP contribution in [0.15, 0.2) is 66.9 Å². The zero-order valence-corrected chi connectivity index (χ0v) is 18.6. The highest BCUT2D eigenvalue weighted by molar-refractivity contribution is 6.06. The lowest BCUT2D eigenvalue weighted by molar-refractivity contribution is 0.0944. The number of nitrogens with zero attached hydrogens (tertiary/aromatic N) is 3. The molecule has 0 saturated carbocycles. The molecule has 162 valence electrons. The molecule has 4 aromatic rings. The highest BCUT2D eigenvalue weighted by atomic mass is 16.1. The summed E-state index contributed by atoms with van der Waals surface area (Å²) in [5.74, 6) is 0.288. The van der Waals surface area contributed by atoms with Crippen molar-refractivity contribution in [2.45, 2.75) is 38.8 Å². The minimum absolute atomic E-state index is 0.0297. The van der Waals surface area contributed by atoms with Crippen LogP contribution in [0.2, 0.25) is 0 Å². The lowest BCUT2D eigenvalue weighted by atomic mass is 9.99. The number of rotatable bonds is 5. The predicted molar refractivity (Wildman–Crippen MR) is 129 cm³/mol. The smallest absolute Gasteiger partial charge is 0.252 e. The summed E-state index contributed by atoms with van der Waals surface area (Å²) < 4.78 is 0. The van der Waals surface area contributed by atoms with Crippen LogP contribution >= 0.6 is 0 Å². The molecular formula is C27H28N4O. The van der Waals surface area contributed by atoms with E-state index in [1.807, 2.05) is 56.4 Å². The average molecular weight is 425 g/mol. The summed E-state index contributed by atoms with van der Waals surface area (Å²) in [4.78, 5) is 24.8. The molecule has 1 aliphatic rings. The number of amides is 1. The van der Waals surface area contributed by atoms with E-state index in [9.17, 15) is 4.79 Å². The van der Waals surface area contributed by atoms with Gasteiger partial charge in [0.25, 0.3) is 5.91 Å². The van der Waals surface area contributed by atoms with Crippen molar-refractivity contribution in [3.63, 3.8) is 0 Å². The average Bonchev–Trinajstić information content (AvgIpc) is 3.27. The van der Waals surface area contributed by atoms with Crippen molar-refractivity contribution in [3.05, 3.63) is 83.7 Å². The minimum atomic E-state index is -0.0297. The molecule has 0 radical (unpaired) electrons. The summed E-state index contributed by atoms with van der Waals surface area (Å²) in [5, 5.41) is 5.17. The Kier molecular flexibility index (Phi) is 5.58. The van der Waals surface area contributed by atoms with Gasteiger partial charge in [-0.15, -0.1) is 0 Å². The second-order valence-corrected chi connectivity index (χ2v) is 8.95. The number of fused-ring (bicyclic) bond motifs is 2. The van der Waals surface area contributed by atoms with E-state index >= 15 is 0 Å². The van der Waals surface area contributed by atoms with E-state index in [0.717, 1.165) is 53.7 Å². The van der Waals surface area contributed by atoms with Crippen molar-refractivity contribution in [3.8, 4) is 0 Å². The highest BCUT2D eigenvalue weighted by Gasteiger charge is 2.27. The topological polar surface area (TPSA) is 58.1 Å². The third-order valence-corrected chi connectivity index (χ3v) is 6.22. The largest absolute Gasteiger partial charge is 0.350 e. The number of hydrogen-bond acceptors (Lipinski definition) is 4. The van der Waals surface area contributed by atoms with Crippen molar-refractivity contribution in [1.82, 2.24) is 20.2 Å². The van der Waals surface area contributed by atoms with Crippen LogP contribution in [0.4, 0.5) is 0 Å². The Morgan fingerprint density at radius 2 is 1.81 bits per heavy atom. The number of benzene rings is 2. The van der Waals surface area contributed by atoms with Crippen molar-refractivity contribution in [2.24, 2.45) is 0 Å². The molecule has 0 unspecified atom stereocenters. The molecule has 2 aromatic carbocycles. The number of likely N-dealkylation sites (tertiary alicyclic amines) is 1. The maximum absolute atomic E-state index is 12.9. The van der Waals surface area contributed by atoms with Crippen LogP contribution in [0.25, 0.3) is 21.8 Å². The summed E-state index contributed by atoms with van der Waals surface area (Å²) in [6, 6.07) is 20.5. The van der Waals surface area contributed by atoms with E-state index in [1.165, 1.54) is 10.9 Å². The molecule has 32 heavy (non-hydrogen) atoms. The van der Waals surface area contributed by atoms with Gasteiger partial charge in [0, 0.05) is 47.7 Å². The van der Waals surface area contributed by atoms with Crippen molar-refractivity contribution < 1.29 is 4.79 Å². The van der Waals surface area contributed by atoms with Gasteiger partial charge in [0.15, 0.2) is 0 Å². The summed E-state index contributed by atoms with van der Waals surface area (Å²) in [7, 11) is 0. The molecule has 1 aliphatic heterocycles. The van der Waals surface area contributed by atoms with Crippen molar-refractivity contribution in [1.29, 1.82) is 0 Å². The quantitative estimate of drug-likeness (QED) is 0.495. The Morgan fingerprint density at radius 3 is 2.62 bits per heavy atom. The lowest BCUT2D eigenvalue weighted by Crippen LogP contribution is -2.30. The zero-order chi connectivity index (χ0) is 22.1. The van der Waals surface area contributed by atoms with Gasteiger partial charge < -0.3 is 5.32 Å². The van der Waals surface area contributed by atoms with Crippen LogP contribution in [0, 0.1) is 0 Å². The first-order valence-corrected chi connectivity index (χ1v) is 11.3. The monoisotopic (exact) mass is 424 g/mol. The van der Waals surface area contributed by atoms with Gasteiger partial charge in [0.05, 0.1) is 16.6 Å². The van der Waals surface area contributed by atoms with E-state index in [0.29, 0.717) is 5.92 Å². The van der Waals surface area contributed by atoms with Gasteiger partial charge >= 0.3 is 0 Å². The van der Waals surface area contributed by atoms with Gasteiger partial charge in [0.1, 0.15) is 0 Å². The Labute approximate surface area is 188 Å². The van der Waals surface area contributed by atoms with Crippen LogP contribution < -0.4 is 5.32 Å². The number of pyridine rings is 2. The number of aromatic nitrogens is 2. The first-order valence-electron chi connectivity index (χ1n) is 11.3. The van der Waals surface area contributed by atoms with Crippen molar-refractivity contribution in [2.75, 3.05) is 13.1 Å². The highest BCUT2D eigenvalue weighted by Crippen LogP contribution is 2.31. The normalized spacial score (nSPS) is 16.8. The van der Waals surface area contributed by atoms with Crippen LogP contribution in [0.1, 0.15) is 47.8 Å². The van der Waals surface area contributed by atoms with E-state index in [4.69, 9.17) is 4.98 Å². The van der Waals surface area contributed by atoms with Gasteiger partial charge in [-0.05, 0) is 56.6 Å². The second-order valence-electron chi connectivity index (χ2n) is 8.95. The maximum atomic E-state index is 12.9. The molecule has 1 N–H and O–H groups in total. The number of carbonyl (C=O) groups excluding carboxylic acids is 1. The molecule has 1 atom stereocenters. The summed E-state index contributed by atoms with van der Waals surface area (Å²) >= 11 is 0. The fraction of sp³-hybridized carbons (Fsp3) is 0.296. The third kappa shape index (κ3) is 4.08. The van der Waals surface area contributed by atoms with Crippen LogP contribution in [0.5, 0.6) is 0 Å². The SMILES string of the molecule is CC(C)NC(=O)c1cc([C@H]2CCN(Cc3ccnc4ccccc34)C2)nc2ccccc12. The van der Waals surface area contributed by atoms with Gasteiger partial charge in [-0.1, -0.05) is 36.4 Å². The maximum Gasteiger partial charge on any atom is 0.252 e. The molecule has 2 aromatic heterocycles. The Bertz CT molecular complexity index is 1280.